The second kappa shape index (κ2) is 9.71. The minimum Gasteiger partial charge on any atom is -0.356 e. The van der Waals surface area contributed by atoms with E-state index in [1.807, 2.05) is 34.6 Å². The number of rotatable bonds is 7. The number of hydrazine groups is 1. The number of fused-ring (bicyclic) bond motifs is 1. The molecular weight excluding hydrogens is 505 g/mol. The van der Waals surface area contributed by atoms with Crippen LogP contribution in [0.5, 0.6) is 0 Å². The molecule has 2 aliphatic carbocycles. The number of halogens is 2. The number of hydrogen-bond acceptors (Lipinski definition) is 5. The molecule has 2 aliphatic heterocycles. The average Bonchev–Trinajstić information content (AvgIpc) is 3.61. The summed E-state index contributed by atoms with van der Waals surface area (Å²) >= 11 is 5.41. The molecule has 5 amide bonds. The molecule has 4 fully saturated rings. The molecule has 2 saturated carbocycles. The van der Waals surface area contributed by atoms with Crippen LogP contribution in [0.2, 0.25) is 0 Å². The van der Waals surface area contributed by atoms with E-state index >= 15 is 0 Å². The molecule has 2 saturated heterocycles. The Hall–Kier alpha value is -2.43. The van der Waals surface area contributed by atoms with Crippen molar-refractivity contribution >= 4 is 41.1 Å². The molecule has 2 heterocycles. The average molecular weight is 542 g/mol. The highest BCUT2D eigenvalue weighted by Crippen LogP contribution is 2.65. The van der Waals surface area contributed by atoms with E-state index < -0.39 is 40.9 Å². The Kier molecular flexibility index (Phi) is 7.24. The third kappa shape index (κ3) is 5.42. The number of hydrogen-bond donors (Lipinski definition) is 3. The van der Waals surface area contributed by atoms with Gasteiger partial charge in [0.1, 0.15) is 12.1 Å². The molecule has 3 N–H and O–H groups in total. The minimum atomic E-state index is -2.40. The summed E-state index contributed by atoms with van der Waals surface area (Å²) in [6.07, 6.45) is 2.02. The molecule has 0 aromatic carbocycles. The fraction of sp³-hybridized carbons (Fsp3) is 0.800. The molecule has 0 radical (unpaired) electrons. The number of carbonyl (C=O) groups is 5. The Morgan fingerprint density at radius 2 is 1.84 bits per heavy atom. The van der Waals surface area contributed by atoms with Gasteiger partial charge >= 0.3 is 0 Å². The zero-order chi connectivity index (χ0) is 27.4. The van der Waals surface area contributed by atoms with E-state index in [1.165, 1.54) is 4.90 Å². The molecule has 37 heavy (non-hydrogen) atoms. The lowest BCUT2D eigenvalue weighted by atomic mass is 9.85. The van der Waals surface area contributed by atoms with Crippen LogP contribution < -0.4 is 16.1 Å². The predicted octanol–water partition coefficient (Wildman–Crippen LogP) is 0.941. The lowest BCUT2D eigenvalue weighted by molar-refractivity contribution is -0.151. The number of nitrogens with zero attached hydrogens (tertiary/aromatic N) is 2. The number of nitrogens with one attached hydrogen (secondary N) is 3. The first-order valence-electron chi connectivity index (χ1n) is 12.9. The normalized spacial score (nSPS) is 29.6. The standard InChI is InChI=1S/C25H37ClFN5O5/c1-24(2,3)17(29-20(34)12-6-7-12)22(36)31-11-14-15(25(14,4)5)16(31)21(35)30-32(23(37)18(26)27)10-13-8-9-28-19(13)33/h12-18H,6-11H2,1-5H3,(H,28,33)(H,29,34)(H,30,35)/t13-,14-,15-,16-,17?,18?/m0/s1. The molecule has 4 aliphatic rings. The van der Waals surface area contributed by atoms with Crippen molar-refractivity contribution in [1.82, 2.24) is 26.0 Å². The minimum absolute atomic E-state index is 0.0682. The van der Waals surface area contributed by atoms with Gasteiger partial charge in [-0.25, -0.2) is 9.40 Å². The van der Waals surface area contributed by atoms with Crippen LogP contribution in [0.4, 0.5) is 4.39 Å². The number of amides is 5. The van der Waals surface area contributed by atoms with Crippen LogP contribution in [0, 0.1) is 34.5 Å². The number of likely N-dealkylation sites (tertiary alicyclic amines) is 1. The Bertz CT molecular complexity index is 994. The zero-order valence-electron chi connectivity index (χ0n) is 22.0. The fourth-order valence-corrected chi connectivity index (χ4v) is 5.90. The first-order valence-corrected chi connectivity index (χ1v) is 13.4. The lowest BCUT2D eigenvalue weighted by Gasteiger charge is -2.38. The largest absolute Gasteiger partial charge is 0.356 e. The maximum atomic E-state index is 13.8. The summed E-state index contributed by atoms with van der Waals surface area (Å²) in [5, 5.41) is 6.30. The Morgan fingerprint density at radius 1 is 1.19 bits per heavy atom. The molecule has 0 aromatic rings. The van der Waals surface area contributed by atoms with Gasteiger partial charge in [0.25, 0.3) is 17.4 Å². The zero-order valence-corrected chi connectivity index (χ0v) is 22.7. The van der Waals surface area contributed by atoms with E-state index in [-0.39, 0.29) is 47.4 Å². The Labute approximate surface area is 221 Å². The molecule has 12 heteroatoms. The summed E-state index contributed by atoms with van der Waals surface area (Å²) in [5.41, 5.74) is -0.745. The molecule has 6 atom stereocenters. The fourth-order valence-electron chi connectivity index (χ4n) is 5.78. The van der Waals surface area contributed by atoms with Crippen molar-refractivity contribution in [2.75, 3.05) is 19.6 Å². The van der Waals surface area contributed by atoms with Crippen LogP contribution in [0.25, 0.3) is 0 Å². The van der Waals surface area contributed by atoms with Crippen LogP contribution in [0.3, 0.4) is 0 Å². The van der Waals surface area contributed by atoms with Gasteiger partial charge in [-0.3, -0.25) is 29.4 Å². The van der Waals surface area contributed by atoms with Gasteiger partial charge in [0.15, 0.2) is 0 Å². The van der Waals surface area contributed by atoms with E-state index in [0.29, 0.717) is 19.5 Å². The number of carbonyl (C=O) groups excluding carboxylic acids is 5. The Balaban J connectivity index is 1.55. The van der Waals surface area contributed by atoms with Crippen molar-refractivity contribution in [2.45, 2.75) is 71.6 Å². The molecule has 0 aromatic heterocycles. The van der Waals surface area contributed by atoms with Crippen molar-refractivity contribution in [2.24, 2.45) is 34.5 Å². The smallest absolute Gasteiger partial charge is 0.291 e. The molecule has 0 spiro atoms. The quantitative estimate of drug-likeness (QED) is 0.326. The van der Waals surface area contributed by atoms with E-state index in [0.717, 1.165) is 17.9 Å². The first kappa shape index (κ1) is 27.6. The third-order valence-electron chi connectivity index (χ3n) is 8.37. The van der Waals surface area contributed by atoms with Gasteiger partial charge in [-0.05, 0) is 41.9 Å². The summed E-state index contributed by atoms with van der Waals surface area (Å²) in [5.74, 6) is -3.44. The van der Waals surface area contributed by atoms with Gasteiger partial charge < -0.3 is 15.5 Å². The number of alkyl halides is 2. The molecule has 10 nitrogen and oxygen atoms in total. The molecule has 4 rings (SSSR count). The maximum Gasteiger partial charge on any atom is 0.291 e. The third-order valence-corrected chi connectivity index (χ3v) is 8.56. The highest BCUT2D eigenvalue weighted by atomic mass is 35.5. The van der Waals surface area contributed by atoms with Gasteiger partial charge in [0, 0.05) is 19.0 Å². The van der Waals surface area contributed by atoms with E-state index in [9.17, 15) is 28.4 Å². The second-order valence-corrected chi connectivity index (χ2v) is 12.9. The van der Waals surface area contributed by atoms with Crippen LogP contribution in [0.1, 0.15) is 53.9 Å². The van der Waals surface area contributed by atoms with E-state index in [1.54, 1.807) is 0 Å². The van der Waals surface area contributed by atoms with E-state index in [2.05, 4.69) is 16.1 Å². The summed E-state index contributed by atoms with van der Waals surface area (Å²) in [6.45, 7) is 10.1. The topological polar surface area (TPSA) is 128 Å². The highest BCUT2D eigenvalue weighted by molar-refractivity contribution is 6.29. The van der Waals surface area contributed by atoms with Gasteiger partial charge in [0.2, 0.25) is 17.7 Å². The van der Waals surface area contributed by atoms with Crippen LogP contribution in [-0.4, -0.2) is 76.8 Å². The van der Waals surface area contributed by atoms with Gasteiger partial charge in [-0.2, -0.15) is 0 Å². The van der Waals surface area contributed by atoms with Crippen molar-refractivity contribution < 1.29 is 28.4 Å². The SMILES string of the molecule is CC(C)(C)C(NC(=O)C1CC1)C(=O)N1C[C@H]2[C@@H]([C@H]1C(=O)NN(C[C@@H]1CCNC1=O)C(=O)C(F)Cl)C2(C)C. The highest BCUT2D eigenvalue weighted by Gasteiger charge is 2.70. The van der Waals surface area contributed by atoms with E-state index in [4.69, 9.17) is 11.6 Å². The van der Waals surface area contributed by atoms with Crippen LogP contribution in [-0.2, 0) is 24.0 Å². The van der Waals surface area contributed by atoms with Crippen molar-refractivity contribution in [1.29, 1.82) is 0 Å². The maximum absolute atomic E-state index is 13.8. The molecule has 2 unspecified atom stereocenters. The predicted molar refractivity (Wildman–Crippen MR) is 132 cm³/mol. The van der Waals surface area contributed by atoms with Crippen LogP contribution in [0.15, 0.2) is 0 Å². The molecular formula is C25H37ClFN5O5. The summed E-state index contributed by atoms with van der Waals surface area (Å²) in [7, 11) is 0. The van der Waals surface area contributed by atoms with Crippen molar-refractivity contribution in [3.8, 4) is 0 Å². The number of piperidine rings is 1. The monoisotopic (exact) mass is 541 g/mol. The molecule has 0 bridgehead atoms. The van der Waals surface area contributed by atoms with Crippen molar-refractivity contribution in [3.63, 3.8) is 0 Å². The lowest BCUT2D eigenvalue weighted by Crippen LogP contribution is -2.61. The molecule has 206 valence electrons. The summed E-state index contributed by atoms with van der Waals surface area (Å²) in [4.78, 5) is 66.1. The van der Waals surface area contributed by atoms with Gasteiger partial charge in [-0.15, -0.1) is 0 Å². The second-order valence-electron chi connectivity index (χ2n) is 12.5. The summed E-state index contributed by atoms with van der Waals surface area (Å²) < 4.78 is 13.8. The van der Waals surface area contributed by atoms with Gasteiger partial charge in [-0.1, -0.05) is 46.2 Å². The Morgan fingerprint density at radius 3 is 2.35 bits per heavy atom. The first-order chi connectivity index (χ1) is 17.1. The van der Waals surface area contributed by atoms with Crippen molar-refractivity contribution in [3.05, 3.63) is 0 Å². The van der Waals surface area contributed by atoms with Gasteiger partial charge in [0.05, 0.1) is 12.5 Å². The van der Waals surface area contributed by atoms with Crippen LogP contribution >= 0.6 is 11.6 Å². The summed E-state index contributed by atoms with van der Waals surface area (Å²) in [6, 6.07) is -1.76.